The van der Waals surface area contributed by atoms with Crippen molar-refractivity contribution in [2.45, 2.75) is 26.2 Å². The Hall–Kier alpha value is -1.31. The second kappa shape index (κ2) is 3.93. The summed E-state index contributed by atoms with van der Waals surface area (Å²) in [6.45, 7) is 8.60. The molecule has 1 aliphatic rings. The minimum atomic E-state index is 0.0128. The van der Waals surface area contributed by atoms with Crippen LogP contribution in [0.15, 0.2) is 29.3 Å². The minimum absolute atomic E-state index is 0.0128. The molecule has 0 aromatic heterocycles. The van der Waals surface area contributed by atoms with Gasteiger partial charge in [0, 0.05) is 19.0 Å². The fourth-order valence-corrected chi connectivity index (χ4v) is 2.31. The highest BCUT2D eigenvalue weighted by Gasteiger charge is 2.31. The van der Waals surface area contributed by atoms with E-state index in [1.54, 1.807) is 0 Å². The van der Waals surface area contributed by atoms with Crippen LogP contribution in [-0.2, 0) is 5.41 Å². The molecule has 86 valence electrons. The first kappa shape index (κ1) is 11.2. The lowest BCUT2D eigenvalue weighted by molar-refractivity contribution is 0.507. The molecule has 1 aromatic rings. The smallest absolute Gasteiger partial charge is 0.109 e. The number of likely N-dealkylation sites (N-methyl/N-ethyl adjacent to an activating group) is 1. The summed E-state index contributed by atoms with van der Waals surface area (Å²) in [5.41, 5.74) is 2.66. The molecule has 0 unspecified atom stereocenters. The van der Waals surface area contributed by atoms with E-state index >= 15 is 0 Å². The molecule has 0 saturated heterocycles. The van der Waals surface area contributed by atoms with Crippen LogP contribution in [0.3, 0.4) is 0 Å². The van der Waals surface area contributed by atoms with E-state index in [0.717, 1.165) is 13.1 Å². The van der Waals surface area contributed by atoms with Crippen molar-refractivity contribution in [3.05, 3.63) is 35.4 Å². The Morgan fingerprint density at radius 3 is 2.31 bits per heavy atom. The Bertz CT molecular complexity index is 401. The quantitative estimate of drug-likeness (QED) is 0.742. The zero-order chi connectivity index (χ0) is 11.8. The normalized spacial score (nSPS) is 16.5. The lowest BCUT2D eigenvalue weighted by Crippen LogP contribution is -2.38. The van der Waals surface area contributed by atoms with Gasteiger partial charge in [0.1, 0.15) is 5.84 Å². The van der Waals surface area contributed by atoms with E-state index in [-0.39, 0.29) is 5.41 Å². The zero-order valence-electron chi connectivity index (χ0n) is 10.6. The van der Waals surface area contributed by atoms with Gasteiger partial charge in [-0.2, -0.15) is 0 Å². The highest BCUT2D eigenvalue weighted by molar-refractivity contribution is 5.93. The number of amidine groups is 1. The lowest BCUT2D eigenvalue weighted by Gasteiger charge is -2.30. The number of aliphatic imine (C=N–C) groups is 1. The first-order valence-electron chi connectivity index (χ1n) is 5.85. The van der Waals surface area contributed by atoms with E-state index < -0.39 is 0 Å². The summed E-state index contributed by atoms with van der Waals surface area (Å²) in [5.74, 6) is 1.20. The maximum Gasteiger partial charge on any atom is 0.109 e. The fraction of sp³-hybridized carbons (Fsp3) is 0.500. The maximum absolute atomic E-state index is 4.63. The summed E-state index contributed by atoms with van der Waals surface area (Å²) in [5, 5.41) is 0. The van der Waals surface area contributed by atoms with Crippen molar-refractivity contribution in [3.8, 4) is 0 Å². The minimum Gasteiger partial charge on any atom is -0.361 e. The number of aryl methyl sites for hydroxylation is 1. The van der Waals surface area contributed by atoms with Crippen LogP contribution < -0.4 is 0 Å². The summed E-state index contributed by atoms with van der Waals surface area (Å²) in [7, 11) is 2.13. The molecule has 0 amide bonds. The Labute approximate surface area is 98.0 Å². The highest BCUT2D eigenvalue weighted by Crippen LogP contribution is 2.28. The van der Waals surface area contributed by atoms with Crippen LogP contribution in [0.5, 0.6) is 0 Å². The molecular formula is C14H20N2. The van der Waals surface area contributed by atoms with Crippen molar-refractivity contribution in [1.29, 1.82) is 0 Å². The van der Waals surface area contributed by atoms with Crippen LogP contribution in [0.1, 0.15) is 25.0 Å². The number of hydrogen-bond acceptors (Lipinski definition) is 2. The van der Waals surface area contributed by atoms with Gasteiger partial charge in [-0.15, -0.1) is 0 Å². The van der Waals surface area contributed by atoms with Crippen molar-refractivity contribution in [1.82, 2.24) is 4.90 Å². The third-order valence-corrected chi connectivity index (χ3v) is 3.39. The lowest BCUT2D eigenvalue weighted by atomic mass is 9.82. The highest BCUT2D eigenvalue weighted by atomic mass is 15.2. The van der Waals surface area contributed by atoms with Crippen molar-refractivity contribution >= 4 is 5.84 Å². The third kappa shape index (κ3) is 1.84. The average Bonchev–Trinajstić information content (AvgIpc) is 2.66. The molecule has 0 saturated carbocycles. The second-order valence-corrected chi connectivity index (χ2v) is 5.12. The molecule has 1 heterocycles. The van der Waals surface area contributed by atoms with Crippen molar-refractivity contribution in [2.24, 2.45) is 4.99 Å². The van der Waals surface area contributed by atoms with E-state index in [2.05, 4.69) is 62.0 Å². The number of nitrogens with zero attached hydrogens (tertiary/aromatic N) is 2. The molecule has 0 N–H and O–H groups in total. The van der Waals surface area contributed by atoms with Gasteiger partial charge < -0.3 is 4.90 Å². The van der Waals surface area contributed by atoms with Gasteiger partial charge >= 0.3 is 0 Å². The zero-order valence-corrected chi connectivity index (χ0v) is 10.6. The summed E-state index contributed by atoms with van der Waals surface area (Å²) in [6, 6.07) is 8.77. The molecule has 0 aliphatic carbocycles. The molecule has 0 spiro atoms. The third-order valence-electron chi connectivity index (χ3n) is 3.39. The van der Waals surface area contributed by atoms with Crippen LogP contribution in [0, 0.1) is 6.92 Å². The molecule has 1 aromatic carbocycles. The van der Waals surface area contributed by atoms with E-state index in [4.69, 9.17) is 0 Å². The SMILES string of the molecule is Cc1ccc(C(C)(C)C2=NCCN2C)cc1. The van der Waals surface area contributed by atoms with Gasteiger partial charge in [-0.25, -0.2) is 0 Å². The van der Waals surface area contributed by atoms with Crippen molar-refractivity contribution < 1.29 is 0 Å². The van der Waals surface area contributed by atoms with Gasteiger partial charge in [-0.05, 0) is 26.3 Å². The van der Waals surface area contributed by atoms with Gasteiger partial charge in [0.2, 0.25) is 0 Å². The van der Waals surface area contributed by atoms with Crippen LogP contribution in [0.2, 0.25) is 0 Å². The summed E-state index contributed by atoms with van der Waals surface area (Å²) in [4.78, 5) is 6.89. The molecular weight excluding hydrogens is 196 g/mol. The Morgan fingerprint density at radius 1 is 1.19 bits per heavy atom. The van der Waals surface area contributed by atoms with E-state index in [0.29, 0.717) is 0 Å². The molecule has 2 rings (SSSR count). The number of benzene rings is 1. The second-order valence-electron chi connectivity index (χ2n) is 5.12. The maximum atomic E-state index is 4.63. The van der Waals surface area contributed by atoms with Crippen LogP contribution in [0.25, 0.3) is 0 Å². The first-order chi connectivity index (χ1) is 7.51. The van der Waals surface area contributed by atoms with Gasteiger partial charge in [0.05, 0.1) is 6.54 Å². The molecule has 0 bridgehead atoms. The molecule has 1 aliphatic heterocycles. The van der Waals surface area contributed by atoms with E-state index in [1.807, 2.05) is 0 Å². The molecule has 2 heteroatoms. The summed E-state index contributed by atoms with van der Waals surface area (Å²) < 4.78 is 0. The van der Waals surface area contributed by atoms with Gasteiger partial charge in [0.25, 0.3) is 0 Å². The molecule has 2 nitrogen and oxygen atoms in total. The Kier molecular flexibility index (Phi) is 2.75. The number of hydrogen-bond donors (Lipinski definition) is 0. The monoisotopic (exact) mass is 216 g/mol. The molecule has 0 radical (unpaired) electrons. The van der Waals surface area contributed by atoms with Gasteiger partial charge in [-0.1, -0.05) is 29.8 Å². The first-order valence-corrected chi connectivity index (χ1v) is 5.85. The van der Waals surface area contributed by atoms with E-state index in [9.17, 15) is 0 Å². The van der Waals surface area contributed by atoms with E-state index in [1.165, 1.54) is 17.0 Å². The Balaban J connectivity index is 2.34. The largest absolute Gasteiger partial charge is 0.361 e. The predicted molar refractivity (Wildman–Crippen MR) is 69.1 cm³/mol. The van der Waals surface area contributed by atoms with Gasteiger partial charge in [0.15, 0.2) is 0 Å². The average molecular weight is 216 g/mol. The topological polar surface area (TPSA) is 15.6 Å². The summed E-state index contributed by atoms with van der Waals surface area (Å²) in [6.07, 6.45) is 0. The molecule has 16 heavy (non-hydrogen) atoms. The molecule has 0 fully saturated rings. The number of rotatable bonds is 2. The standard InChI is InChI=1S/C14H20N2/c1-11-5-7-12(8-6-11)14(2,3)13-15-9-10-16(13)4/h5-8H,9-10H2,1-4H3. The fourth-order valence-electron chi connectivity index (χ4n) is 2.31. The predicted octanol–water partition coefficient (Wildman–Crippen LogP) is 2.62. The van der Waals surface area contributed by atoms with Crippen molar-refractivity contribution in [2.75, 3.05) is 20.1 Å². The molecule has 0 atom stereocenters. The van der Waals surface area contributed by atoms with Crippen LogP contribution >= 0.6 is 0 Å². The van der Waals surface area contributed by atoms with Crippen LogP contribution in [0.4, 0.5) is 0 Å². The van der Waals surface area contributed by atoms with Crippen molar-refractivity contribution in [3.63, 3.8) is 0 Å². The Morgan fingerprint density at radius 2 is 1.81 bits per heavy atom. The van der Waals surface area contributed by atoms with Gasteiger partial charge in [-0.3, -0.25) is 4.99 Å². The van der Waals surface area contributed by atoms with Crippen LogP contribution in [-0.4, -0.2) is 30.9 Å². The summed E-state index contributed by atoms with van der Waals surface area (Å²) >= 11 is 0.